The molecule has 24 heavy (non-hydrogen) atoms. The third-order valence-corrected chi connectivity index (χ3v) is 3.74. The van der Waals surface area contributed by atoms with Crippen molar-refractivity contribution in [3.63, 3.8) is 0 Å². The van der Waals surface area contributed by atoms with Gasteiger partial charge in [-0.15, -0.1) is 0 Å². The summed E-state index contributed by atoms with van der Waals surface area (Å²) in [6, 6.07) is 10.9. The molecule has 0 spiro atoms. The summed E-state index contributed by atoms with van der Waals surface area (Å²) in [5.41, 5.74) is 7.60. The van der Waals surface area contributed by atoms with E-state index in [2.05, 4.69) is 20.6 Å². The zero-order chi connectivity index (χ0) is 17.1. The minimum absolute atomic E-state index is 0.290. The maximum atomic E-state index is 13.0. The summed E-state index contributed by atoms with van der Waals surface area (Å²) in [5.74, 6) is 0.435. The van der Waals surface area contributed by atoms with Gasteiger partial charge in [-0.1, -0.05) is 23.2 Å². The zero-order valence-electron chi connectivity index (χ0n) is 12.2. The van der Waals surface area contributed by atoms with Gasteiger partial charge < -0.3 is 16.4 Å². The Hall–Kier alpha value is -2.57. The SMILES string of the molecule is Nc1c(Nc2ccc(F)cc2)ncnc1Nc1cc(Cl)ccc1Cl. The van der Waals surface area contributed by atoms with Gasteiger partial charge in [0.2, 0.25) is 0 Å². The first-order valence-corrected chi connectivity index (χ1v) is 7.63. The molecule has 3 aromatic rings. The highest BCUT2D eigenvalue weighted by Gasteiger charge is 2.10. The molecule has 0 amide bonds. The number of benzene rings is 2. The highest BCUT2D eigenvalue weighted by Crippen LogP contribution is 2.32. The van der Waals surface area contributed by atoms with Crippen LogP contribution in [0.15, 0.2) is 48.8 Å². The number of rotatable bonds is 4. The molecule has 0 saturated carbocycles. The molecule has 8 heteroatoms. The number of aromatic nitrogens is 2. The highest BCUT2D eigenvalue weighted by atomic mass is 35.5. The van der Waals surface area contributed by atoms with Gasteiger partial charge in [0.1, 0.15) is 17.8 Å². The molecule has 122 valence electrons. The fourth-order valence-electron chi connectivity index (χ4n) is 1.99. The molecule has 5 nitrogen and oxygen atoms in total. The summed E-state index contributed by atoms with van der Waals surface area (Å²) < 4.78 is 13.0. The smallest absolute Gasteiger partial charge is 0.159 e. The van der Waals surface area contributed by atoms with Gasteiger partial charge in [0, 0.05) is 10.7 Å². The van der Waals surface area contributed by atoms with Crippen molar-refractivity contribution in [3.05, 3.63) is 64.7 Å². The van der Waals surface area contributed by atoms with E-state index < -0.39 is 0 Å². The normalized spacial score (nSPS) is 10.5. The minimum Gasteiger partial charge on any atom is -0.393 e. The lowest BCUT2D eigenvalue weighted by Crippen LogP contribution is -2.05. The third kappa shape index (κ3) is 3.67. The van der Waals surface area contributed by atoms with Crippen molar-refractivity contribution in [2.24, 2.45) is 0 Å². The monoisotopic (exact) mass is 363 g/mol. The largest absolute Gasteiger partial charge is 0.393 e. The van der Waals surface area contributed by atoms with Crippen LogP contribution >= 0.6 is 23.2 Å². The predicted octanol–water partition coefficient (Wildman–Crippen LogP) is 4.99. The molecule has 0 aliphatic rings. The van der Waals surface area contributed by atoms with Crippen LogP contribution in [0.4, 0.5) is 33.1 Å². The molecule has 0 aliphatic carbocycles. The van der Waals surface area contributed by atoms with Crippen LogP contribution in [-0.4, -0.2) is 9.97 Å². The lowest BCUT2D eigenvalue weighted by Gasteiger charge is -2.13. The number of nitrogens with zero attached hydrogens (tertiary/aromatic N) is 2. The molecule has 1 heterocycles. The molecule has 0 saturated heterocycles. The Balaban J connectivity index is 1.88. The van der Waals surface area contributed by atoms with E-state index in [9.17, 15) is 4.39 Å². The standard InChI is InChI=1S/C16H12Cl2FN5/c17-9-1-6-12(18)13(7-9)24-16-14(20)15(21-8-22-16)23-11-4-2-10(19)3-5-11/h1-8H,20H2,(H2,21,22,23,24). The van der Waals surface area contributed by atoms with Crippen molar-refractivity contribution in [2.75, 3.05) is 16.4 Å². The molecular weight excluding hydrogens is 352 g/mol. The van der Waals surface area contributed by atoms with Crippen LogP contribution in [0.5, 0.6) is 0 Å². The number of nitrogens with two attached hydrogens (primary N) is 1. The summed E-state index contributed by atoms with van der Waals surface area (Å²) >= 11 is 12.1. The molecule has 0 radical (unpaired) electrons. The molecule has 0 atom stereocenters. The first-order valence-electron chi connectivity index (χ1n) is 6.88. The van der Waals surface area contributed by atoms with Crippen molar-refractivity contribution in [1.29, 1.82) is 0 Å². The van der Waals surface area contributed by atoms with Crippen molar-refractivity contribution in [3.8, 4) is 0 Å². The molecule has 0 unspecified atom stereocenters. The van der Waals surface area contributed by atoms with Gasteiger partial charge in [0.25, 0.3) is 0 Å². The van der Waals surface area contributed by atoms with Gasteiger partial charge in [-0.05, 0) is 42.5 Å². The number of hydrogen-bond donors (Lipinski definition) is 3. The average Bonchev–Trinajstić information content (AvgIpc) is 2.56. The number of anilines is 5. The summed E-state index contributed by atoms with van der Waals surface area (Å²) in [7, 11) is 0. The van der Waals surface area contributed by atoms with Gasteiger partial charge in [-0.25, -0.2) is 14.4 Å². The lowest BCUT2D eigenvalue weighted by atomic mass is 10.3. The first kappa shape index (κ1) is 16.3. The van der Waals surface area contributed by atoms with E-state index in [1.807, 2.05) is 0 Å². The maximum Gasteiger partial charge on any atom is 0.159 e. The summed E-state index contributed by atoms with van der Waals surface area (Å²) in [5, 5.41) is 7.04. The quantitative estimate of drug-likeness (QED) is 0.608. The van der Waals surface area contributed by atoms with Crippen LogP contribution in [0, 0.1) is 5.82 Å². The molecule has 2 aromatic carbocycles. The van der Waals surface area contributed by atoms with Crippen LogP contribution in [0.25, 0.3) is 0 Å². The second-order valence-corrected chi connectivity index (χ2v) is 5.71. The second kappa shape index (κ2) is 6.90. The molecule has 0 bridgehead atoms. The van der Waals surface area contributed by atoms with E-state index in [1.54, 1.807) is 30.3 Å². The van der Waals surface area contributed by atoms with Crippen molar-refractivity contribution < 1.29 is 4.39 Å². The zero-order valence-corrected chi connectivity index (χ0v) is 13.7. The van der Waals surface area contributed by atoms with Gasteiger partial charge in [0.15, 0.2) is 11.6 Å². The van der Waals surface area contributed by atoms with Gasteiger partial charge in [-0.2, -0.15) is 0 Å². The summed E-state index contributed by atoms with van der Waals surface area (Å²) in [6.07, 6.45) is 1.35. The molecule has 0 aliphatic heterocycles. The van der Waals surface area contributed by atoms with E-state index in [1.165, 1.54) is 18.5 Å². The Bertz CT molecular complexity index is 871. The Morgan fingerprint density at radius 3 is 2.29 bits per heavy atom. The van der Waals surface area contributed by atoms with Gasteiger partial charge >= 0.3 is 0 Å². The average molecular weight is 364 g/mol. The molecule has 0 fully saturated rings. The Kier molecular flexibility index (Phi) is 4.69. The third-order valence-electron chi connectivity index (χ3n) is 3.17. The Morgan fingerprint density at radius 1 is 0.917 bits per heavy atom. The van der Waals surface area contributed by atoms with E-state index >= 15 is 0 Å². The second-order valence-electron chi connectivity index (χ2n) is 4.87. The lowest BCUT2D eigenvalue weighted by molar-refractivity contribution is 0.628. The molecule has 3 rings (SSSR count). The van der Waals surface area contributed by atoms with Gasteiger partial charge in [0.05, 0.1) is 10.7 Å². The predicted molar refractivity (Wildman–Crippen MR) is 95.9 cm³/mol. The molecule has 4 N–H and O–H groups in total. The minimum atomic E-state index is -0.325. The van der Waals surface area contributed by atoms with Crippen LogP contribution in [0.3, 0.4) is 0 Å². The van der Waals surface area contributed by atoms with E-state index in [0.717, 1.165) is 0 Å². The maximum absolute atomic E-state index is 13.0. The van der Waals surface area contributed by atoms with Crippen molar-refractivity contribution in [1.82, 2.24) is 9.97 Å². The van der Waals surface area contributed by atoms with E-state index in [-0.39, 0.29) is 11.5 Å². The van der Waals surface area contributed by atoms with E-state index in [4.69, 9.17) is 28.9 Å². The first-order chi connectivity index (χ1) is 11.5. The van der Waals surface area contributed by atoms with Crippen LogP contribution in [0.1, 0.15) is 0 Å². The number of hydrogen-bond acceptors (Lipinski definition) is 5. The Labute approximate surface area is 147 Å². The fraction of sp³-hybridized carbons (Fsp3) is 0. The number of nitrogens with one attached hydrogen (secondary N) is 2. The van der Waals surface area contributed by atoms with Crippen LogP contribution in [0.2, 0.25) is 10.0 Å². The summed E-state index contributed by atoms with van der Waals surface area (Å²) in [4.78, 5) is 8.21. The van der Waals surface area contributed by atoms with Crippen LogP contribution < -0.4 is 16.4 Å². The van der Waals surface area contributed by atoms with E-state index in [0.29, 0.717) is 33.1 Å². The molecular formula is C16H12Cl2FN5. The van der Waals surface area contributed by atoms with Crippen molar-refractivity contribution >= 4 is 51.9 Å². The van der Waals surface area contributed by atoms with Gasteiger partial charge in [-0.3, -0.25) is 0 Å². The number of nitrogen functional groups attached to an aromatic ring is 1. The highest BCUT2D eigenvalue weighted by molar-refractivity contribution is 6.35. The molecule has 1 aromatic heterocycles. The fourth-order valence-corrected chi connectivity index (χ4v) is 2.32. The number of halogens is 3. The topological polar surface area (TPSA) is 75.9 Å². The van der Waals surface area contributed by atoms with Crippen LogP contribution in [-0.2, 0) is 0 Å². The Morgan fingerprint density at radius 2 is 1.58 bits per heavy atom. The summed E-state index contributed by atoms with van der Waals surface area (Å²) in [6.45, 7) is 0. The van der Waals surface area contributed by atoms with Crippen molar-refractivity contribution in [2.45, 2.75) is 0 Å².